The third-order valence-corrected chi connectivity index (χ3v) is 3.06. The minimum atomic E-state index is 0.884. The van der Waals surface area contributed by atoms with Gasteiger partial charge < -0.3 is 5.32 Å². The Bertz CT molecular complexity index is 657. The van der Waals surface area contributed by atoms with Crippen LogP contribution in [0.4, 0.5) is 5.82 Å². The highest BCUT2D eigenvalue weighted by Gasteiger charge is 2.10. The summed E-state index contributed by atoms with van der Waals surface area (Å²) in [7, 11) is 1.89. The summed E-state index contributed by atoms with van der Waals surface area (Å²) in [5.74, 6) is 0.884. The maximum absolute atomic E-state index is 4.58. The van der Waals surface area contributed by atoms with Crippen LogP contribution in [-0.2, 0) is 0 Å². The van der Waals surface area contributed by atoms with Crippen LogP contribution in [0, 0.1) is 0 Å². The van der Waals surface area contributed by atoms with Crippen LogP contribution in [0.1, 0.15) is 0 Å². The van der Waals surface area contributed by atoms with Crippen molar-refractivity contribution in [2.75, 3.05) is 12.4 Å². The fourth-order valence-electron chi connectivity index (χ4n) is 2.10. The van der Waals surface area contributed by atoms with Crippen LogP contribution in [0.25, 0.3) is 16.8 Å². The number of hydrogen-bond donors (Lipinski definition) is 1. The predicted octanol–water partition coefficient (Wildman–Crippen LogP) is 3.58. The summed E-state index contributed by atoms with van der Waals surface area (Å²) in [4.78, 5) is 0. The molecule has 0 unspecified atom stereocenters. The first kappa shape index (κ1) is 11.5. The van der Waals surface area contributed by atoms with Gasteiger partial charge in [0, 0.05) is 18.8 Å². The van der Waals surface area contributed by atoms with E-state index in [0.717, 1.165) is 22.6 Å². The second-order valence-corrected chi connectivity index (χ2v) is 4.29. The van der Waals surface area contributed by atoms with Gasteiger partial charge in [-0.25, -0.2) is 4.68 Å². The highest BCUT2D eigenvalue weighted by atomic mass is 15.3. The second kappa shape index (κ2) is 4.98. The van der Waals surface area contributed by atoms with Crippen molar-refractivity contribution in [2.24, 2.45) is 0 Å². The molecule has 2 aromatic carbocycles. The maximum Gasteiger partial charge on any atom is 0.156 e. The van der Waals surface area contributed by atoms with Gasteiger partial charge in [-0.15, -0.1) is 5.10 Å². The van der Waals surface area contributed by atoms with Gasteiger partial charge in [-0.2, -0.15) is 0 Å². The lowest BCUT2D eigenvalue weighted by molar-refractivity contribution is 0.883. The molecule has 19 heavy (non-hydrogen) atoms. The van der Waals surface area contributed by atoms with Crippen molar-refractivity contribution in [3.05, 3.63) is 66.9 Å². The van der Waals surface area contributed by atoms with Crippen molar-refractivity contribution in [2.45, 2.75) is 0 Å². The van der Waals surface area contributed by atoms with E-state index in [-0.39, 0.29) is 0 Å². The molecule has 3 nitrogen and oxygen atoms in total. The molecule has 1 heterocycles. The third-order valence-electron chi connectivity index (χ3n) is 3.06. The van der Waals surface area contributed by atoms with E-state index in [1.165, 1.54) is 0 Å². The van der Waals surface area contributed by atoms with Crippen molar-refractivity contribution in [3.8, 4) is 16.8 Å². The Balaban J connectivity index is 2.09. The van der Waals surface area contributed by atoms with Gasteiger partial charge in [0.2, 0.25) is 0 Å². The molecule has 0 fully saturated rings. The van der Waals surface area contributed by atoms with Crippen molar-refractivity contribution >= 4 is 5.82 Å². The number of para-hydroxylation sites is 1. The van der Waals surface area contributed by atoms with E-state index in [4.69, 9.17) is 0 Å². The highest BCUT2D eigenvalue weighted by molar-refractivity contribution is 5.75. The van der Waals surface area contributed by atoms with Gasteiger partial charge in [-0.3, -0.25) is 0 Å². The highest BCUT2D eigenvalue weighted by Crippen LogP contribution is 2.27. The molecule has 0 saturated heterocycles. The number of rotatable bonds is 3. The molecule has 0 bridgehead atoms. The Hall–Kier alpha value is -2.55. The van der Waals surface area contributed by atoms with Gasteiger partial charge >= 0.3 is 0 Å². The van der Waals surface area contributed by atoms with Gasteiger partial charge in [0.1, 0.15) is 0 Å². The van der Waals surface area contributed by atoms with Crippen molar-refractivity contribution in [1.29, 1.82) is 0 Å². The Morgan fingerprint density at radius 3 is 2.16 bits per heavy atom. The molecular formula is C16H15N3. The van der Waals surface area contributed by atoms with Gasteiger partial charge in [-0.1, -0.05) is 48.5 Å². The smallest absolute Gasteiger partial charge is 0.156 e. The van der Waals surface area contributed by atoms with E-state index in [0.29, 0.717) is 0 Å². The quantitative estimate of drug-likeness (QED) is 0.769. The molecule has 0 aliphatic heterocycles. The minimum absolute atomic E-state index is 0.884. The van der Waals surface area contributed by atoms with E-state index in [9.17, 15) is 0 Å². The maximum atomic E-state index is 4.58. The summed E-state index contributed by atoms with van der Waals surface area (Å²) >= 11 is 0. The van der Waals surface area contributed by atoms with Crippen molar-refractivity contribution in [1.82, 2.24) is 9.78 Å². The number of nitrogens with zero attached hydrogens (tertiary/aromatic N) is 2. The van der Waals surface area contributed by atoms with Crippen LogP contribution in [0.5, 0.6) is 0 Å². The zero-order valence-corrected chi connectivity index (χ0v) is 10.7. The van der Waals surface area contributed by atoms with Gasteiger partial charge in [0.25, 0.3) is 0 Å². The fraction of sp³-hybridized carbons (Fsp3) is 0.0625. The van der Waals surface area contributed by atoms with Crippen LogP contribution in [0.3, 0.4) is 0 Å². The van der Waals surface area contributed by atoms with E-state index in [2.05, 4.69) is 28.7 Å². The first-order valence-corrected chi connectivity index (χ1v) is 6.27. The number of anilines is 1. The normalized spacial score (nSPS) is 10.4. The zero-order valence-electron chi connectivity index (χ0n) is 10.7. The van der Waals surface area contributed by atoms with E-state index in [1.54, 1.807) is 0 Å². The largest absolute Gasteiger partial charge is 0.371 e. The number of benzene rings is 2. The average molecular weight is 249 g/mol. The van der Waals surface area contributed by atoms with Gasteiger partial charge in [-0.05, 0) is 17.7 Å². The fourth-order valence-corrected chi connectivity index (χ4v) is 2.10. The molecule has 0 spiro atoms. The molecule has 0 aliphatic carbocycles. The molecule has 3 rings (SSSR count). The molecule has 1 N–H and O–H groups in total. The lowest BCUT2D eigenvalue weighted by atomic mass is 10.1. The summed E-state index contributed by atoms with van der Waals surface area (Å²) in [6.07, 6.45) is 2.05. The molecular weight excluding hydrogens is 234 g/mol. The minimum Gasteiger partial charge on any atom is -0.371 e. The lowest BCUT2D eigenvalue weighted by Crippen LogP contribution is -1.96. The third kappa shape index (κ3) is 2.22. The molecule has 0 aliphatic rings. The first-order chi connectivity index (χ1) is 9.38. The standard InChI is InChI=1S/C16H15N3/c1-17-16-15(13-8-4-2-5-9-13)12-19(18-16)14-10-6-3-7-11-14/h2-12H,1H3,(H,17,18). The molecule has 3 aromatic rings. The Morgan fingerprint density at radius 2 is 1.53 bits per heavy atom. The molecule has 94 valence electrons. The summed E-state index contributed by atoms with van der Waals surface area (Å²) < 4.78 is 1.90. The lowest BCUT2D eigenvalue weighted by Gasteiger charge is -1.99. The molecule has 0 radical (unpaired) electrons. The second-order valence-electron chi connectivity index (χ2n) is 4.29. The van der Waals surface area contributed by atoms with Gasteiger partial charge in [0.05, 0.1) is 5.69 Å². The zero-order chi connectivity index (χ0) is 13.1. The molecule has 0 amide bonds. The molecule has 3 heteroatoms. The van der Waals surface area contributed by atoms with Crippen LogP contribution < -0.4 is 5.32 Å². The summed E-state index contributed by atoms with van der Waals surface area (Å²) in [6.45, 7) is 0. The van der Waals surface area contributed by atoms with Crippen LogP contribution >= 0.6 is 0 Å². The van der Waals surface area contributed by atoms with Crippen molar-refractivity contribution < 1.29 is 0 Å². The average Bonchev–Trinajstić information content (AvgIpc) is 2.93. The molecule has 1 aromatic heterocycles. The van der Waals surface area contributed by atoms with Crippen molar-refractivity contribution in [3.63, 3.8) is 0 Å². The first-order valence-electron chi connectivity index (χ1n) is 6.27. The molecule has 0 atom stereocenters. The van der Waals surface area contributed by atoms with Gasteiger partial charge in [0.15, 0.2) is 5.82 Å². The number of nitrogens with one attached hydrogen (secondary N) is 1. The van der Waals surface area contributed by atoms with Crippen LogP contribution in [0.15, 0.2) is 66.9 Å². The summed E-state index contributed by atoms with van der Waals surface area (Å²) in [6, 6.07) is 20.4. The SMILES string of the molecule is CNc1nn(-c2ccccc2)cc1-c1ccccc1. The summed E-state index contributed by atoms with van der Waals surface area (Å²) in [5.41, 5.74) is 3.32. The predicted molar refractivity (Wildman–Crippen MR) is 78.5 cm³/mol. The van der Waals surface area contributed by atoms with Crippen LogP contribution in [-0.4, -0.2) is 16.8 Å². The number of aromatic nitrogens is 2. The van der Waals surface area contributed by atoms with E-state index >= 15 is 0 Å². The Morgan fingerprint density at radius 1 is 0.895 bits per heavy atom. The monoisotopic (exact) mass is 249 g/mol. The van der Waals surface area contributed by atoms with E-state index < -0.39 is 0 Å². The molecule has 0 saturated carbocycles. The Kier molecular flexibility index (Phi) is 3.02. The topological polar surface area (TPSA) is 29.9 Å². The number of hydrogen-bond acceptors (Lipinski definition) is 2. The van der Waals surface area contributed by atoms with Crippen LogP contribution in [0.2, 0.25) is 0 Å². The summed E-state index contributed by atoms with van der Waals surface area (Å²) in [5, 5.41) is 7.73. The Labute approximate surface area is 112 Å². The van der Waals surface area contributed by atoms with E-state index in [1.807, 2.05) is 60.3 Å².